The van der Waals surface area contributed by atoms with Crippen molar-refractivity contribution in [3.63, 3.8) is 0 Å². The van der Waals surface area contributed by atoms with Gasteiger partial charge in [-0.25, -0.2) is 0 Å². The summed E-state index contributed by atoms with van der Waals surface area (Å²) in [7, 11) is 0. The Morgan fingerprint density at radius 2 is 1.85 bits per heavy atom. The van der Waals surface area contributed by atoms with Gasteiger partial charge in [-0.1, -0.05) is 15.9 Å². The van der Waals surface area contributed by atoms with Gasteiger partial charge in [0.2, 0.25) is 0 Å². The number of nitrogens with zero attached hydrogens (tertiary/aromatic N) is 1. The van der Waals surface area contributed by atoms with Crippen LogP contribution in [0.1, 0.15) is 10.4 Å². The normalized spacial score (nSPS) is 10.1. The number of rotatable bonds is 3. The van der Waals surface area contributed by atoms with Crippen molar-refractivity contribution in [2.75, 3.05) is 11.1 Å². The lowest BCUT2D eigenvalue weighted by Crippen LogP contribution is -2.12. The van der Waals surface area contributed by atoms with Crippen LogP contribution in [-0.2, 0) is 0 Å². The van der Waals surface area contributed by atoms with Gasteiger partial charge in [-0.2, -0.15) is 0 Å². The van der Waals surface area contributed by atoms with E-state index in [9.17, 15) is 14.9 Å². The van der Waals surface area contributed by atoms with Crippen molar-refractivity contribution in [2.24, 2.45) is 0 Å². The maximum atomic E-state index is 12.0. The van der Waals surface area contributed by atoms with Gasteiger partial charge in [0.05, 0.1) is 4.92 Å². The van der Waals surface area contributed by atoms with Crippen LogP contribution in [0.2, 0.25) is 0 Å². The van der Waals surface area contributed by atoms with E-state index >= 15 is 0 Å². The number of halogens is 1. The maximum Gasteiger partial charge on any atom is 0.292 e. The summed E-state index contributed by atoms with van der Waals surface area (Å²) in [5, 5.41) is 13.4. The average Bonchev–Trinajstić information content (AvgIpc) is 2.41. The Hall–Kier alpha value is -2.41. The molecule has 0 saturated heterocycles. The fourth-order valence-corrected chi connectivity index (χ4v) is 1.84. The SMILES string of the molecule is Nc1ccc(C(=O)Nc2ccc(Br)cc2)cc1[N+](=O)[O-]. The number of benzene rings is 2. The number of carbonyl (C=O) groups excluding carboxylic acids is 1. The highest BCUT2D eigenvalue weighted by atomic mass is 79.9. The van der Waals surface area contributed by atoms with Gasteiger partial charge < -0.3 is 11.1 Å². The summed E-state index contributed by atoms with van der Waals surface area (Å²) < 4.78 is 0.888. The highest BCUT2D eigenvalue weighted by Gasteiger charge is 2.15. The zero-order chi connectivity index (χ0) is 14.7. The lowest BCUT2D eigenvalue weighted by molar-refractivity contribution is -0.383. The molecule has 20 heavy (non-hydrogen) atoms. The number of hydrogen-bond acceptors (Lipinski definition) is 4. The molecule has 0 unspecified atom stereocenters. The summed E-state index contributed by atoms with van der Waals surface area (Å²) >= 11 is 3.29. The molecule has 0 saturated carbocycles. The molecule has 0 spiro atoms. The number of carbonyl (C=O) groups is 1. The van der Waals surface area contributed by atoms with Crippen LogP contribution in [-0.4, -0.2) is 10.8 Å². The van der Waals surface area contributed by atoms with Crippen LogP contribution in [0.15, 0.2) is 46.9 Å². The molecule has 0 aromatic heterocycles. The first-order chi connectivity index (χ1) is 9.47. The van der Waals surface area contributed by atoms with Gasteiger partial charge in [-0.3, -0.25) is 14.9 Å². The summed E-state index contributed by atoms with van der Waals surface area (Å²) in [6, 6.07) is 10.9. The average molecular weight is 336 g/mol. The number of nitrogen functional groups attached to an aromatic ring is 1. The number of nitrogens with one attached hydrogen (secondary N) is 1. The van der Waals surface area contributed by atoms with Crippen LogP contribution in [0.3, 0.4) is 0 Å². The molecule has 0 atom stereocenters. The molecule has 102 valence electrons. The molecule has 6 nitrogen and oxygen atoms in total. The first-order valence-corrected chi connectivity index (χ1v) is 6.37. The Morgan fingerprint density at radius 1 is 1.20 bits per heavy atom. The summed E-state index contributed by atoms with van der Waals surface area (Å²) in [6.45, 7) is 0. The third-order valence-corrected chi connectivity index (χ3v) is 3.12. The zero-order valence-corrected chi connectivity index (χ0v) is 11.8. The monoisotopic (exact) mass is 335 g/mol. The van der Waals surface area contributed by atoms with E-state index in [4.69, 9.17) is 5.73 Å². The predicted octanol–water partition coefficient (Wildman–Crippen LogP) is 3.19. The molecular formula is C13H10BrN3O3. The Balaban J connectivity index is 2.23. The molecule has 0 fully saturated rings. The molecule has 1 amide bonds. The quantitative estimate of drug-likeness (QED) is 0.511. The summed E-state index contributed by atoms with van der Waals surface area (Å²) in [5.74, 6) is -0.435. The van der Waals surface area contributed by atoms with E-state index in [1.54, 1.807) is 24.3 Å². The van der Waals surface area contributed by atoms with E-state index in [-0.39, 0.29) is 16.9 Å². The van der Waals surface area contributed by atoms with Crippen molar-refractivity contribution < 1.29 is 9.72 Å². The Labute approximate surface area is 122 Å². The summed E-state index contributed by atoms with van der Waals surface area (Å²) in [6.07, 6.45) is 0. The molecule has 2 aromatic rings. The minimum Gasteiger partial charge on any atom is -0.393 e. The number of amides is 1. The van der Waals surface area contributed by atoms with Crippen LogP contribution in [0.25, 0.3) is 0 Å². The summed E-state index contributed by atoms with van der Waals surface area (Å²) in [4.78, 5) is 22.2. The highest BCUT2D eigenvalue weighted by molar-refractivity contribution is 9.10. The van der Waals surface area contributed by atoms with Crippen LogP contribution >= 0.6 is 15.9 Å². The van der Waals surface area contributed by atoms with E-state index < -0.39 is 10.8 Å². The third-order valence-electron chi connectivity index (χ3n) is 2.59. The second kappa shape index (κ2) is 5.70. The molecule has 2 aromatic carbocycles. The van der Waals surface area contributed by atoms with Crippen LogP contribution in [0.5, 0.6) is 0 Å². The minimum absolute atomic E-state index is 0.0233. The van der Waals surface area contributed by atoms with Crippen molar-refractivity contribution in [1.82, 2.24) is 0 Å². The second-order valence-electron chi connectivity index (χ2n) is 3.99. The zero-order valence-electron chi connectivity index (χ0n) is 10.2. The van der Waals surface area contributed by atoms with Crippen molar-refractivity contribution in [3.05, 3.63) is 62.6 Å². The molecule has 3 N–H and O–H groups in total. The van der Waals surface area contributed by atoms with Crippen molar-refractivity contribution >= 4 is 38.9 Å². The molecule has 0 heterocycles. The van der Waals surface area contributed by atoms with Gasteiger partial charge in [-0.05, 0) is 36.4 Å². The Bertz CT molecular complexity index is 671. The van der Waals surface area contributed by atoms with Gasteiger partial charge in [0.15, 0.2) is 0 Å². The maximum absolute atomic E-state index is 12.0. The smallest absolute Gasteiger partial charge is 0.292 e. The number of nitro groups is 1. The largest absolute Gasteiger partial charge is 0.393 e. The van der Waals surface area contributed by atoms with Gasteiger partial charge in [0.25, 0.3) is 11.6 Å². The number of nitro benzene ring substituents is 1. The number of hydrogen-bond donors (Lipinski definition) is 2. The highest BCUT2D eigenvalue weighted by Crippen LogP contribution is 2.23. The standard InChI is InChI=1S/C13H10BrN3O3/c14-9-2-4-10(5-3-9)16-13(18)8-1-6-11(15)12(7-8)17(19)20/h1-7H,15H2,(H,16,18). The number of nitrogens with two attached hydrogens (primary N) is 1. The topological polar surface area (TPSA) is 98.3 Å². The third kappa shape index (κ3) is 3.12. The Morgan fingerprint density at radius 3 is 2.45 bits per heavy atom. The fraction of sp³-hybridized carbons (Fsp3) is 0. The van der Waals surface area contributed by atoms with E-state index in [1.165, 1.54) is 12.1 Å². The van der Waals surface area contributed by atoms with Crippen molar-refractivity contribution in [3.8, 4) is 0 Å². The molecule has 0 aliphatic rings. The fourth-order valence-electron chi connectivity index (χ4n) is 1.58. The first kappa shape index (κ1) is 14.0. The lowest BCUT2D eigenvalue weighted by Gasteiger charge is -2.06. The van der Waals surface area contributed by atoms with Gasteiger partial charge in [0.1, 0.15) is 5.69 Å². The van der Waals surface area contributed by atoms with Crippen molar-refractivity contribution in [2.45, 2.75) is 0 Å². The molecule has 0 bridgehead atoms. The van der Waals surface area contributed by atoms with Crippen LogP contribution in [0.4, 0.5) is 17.1 Å². The molecule has 7 heteroatoms. The molecule has 0 radical (unpaired) electrons. The molecule has 2 rings (SSSR count). The predicted molar refractivity (Wildman–Crippen MR) is 79.6 cm³/mol. The van der Waals surface area contributed by atoms with Crippen molar-refractivity contribution in [1.29, 1.82) is 0 Å². The van der Waals surface area contributed by atoms with E-state index in [0.717, 1.165) is 10.5 Å². The molecule has 0 aliphatic carbocycles. The van der Waals surface area contributed by atoms with Crippen LogP contribution in [0, 0.1) is 10.1 Å². The first-order valence-electron chi connectivity index (χ1n) is 5.58. The lowest BCUT2D eigenvalue weighted by atomic mass is 10.1. The number of anilines is 2. The van der Waals surface area contributed by atoms with Crippen LogP contribution < -0.4 is 11.1 Å². The second-order valence-corrected chi connectivity index (χ2v) is 4.91. The van der Waals surface area contributed by atoms with E-state index in [1.807, 2.05) is 0 Å². The van der Waals surface area contributed by atoms with E-state index in [0.29, 0.717) is 5.69 Å². The Kier molecular flexibility index (Phi) is 3.99. The summed E-state index contributed by atoms with van der Waals surface area (Å²) in [5.41, 5.74) is 5.99. The van der Waals surface area contributed by atoms with Gasteiger partial charge in [0, 0.05) is 21.8 Å². The molecule has 0 aliphatic heterocycles. The minimum atomic E-state index is -0.619. The van der Waals surface area contributed by atoms with Gasteiger partial charge >= 0.3 is 0 Å². The molecular weight excluding hydrogens is 326 g/mol. The van der Waals surface area contributed by atoms with E-state index in [2.05, 4.69) is 21.2 Å². The van der Waals surface area contributed by atoms with Gasteiger partial charge in [-0.15, -0.1) is 0 Å².